The summed E-state index contributed by atoms with van der Waals surface area (Å²) in [6, 6.07) is 18.1. The first-order chi connectivity index (χ1) is 17.3. The number of likely N-dealkylation sites (tertiary alicyclic amines) is 1. The molecular weight excluding hydrogens is 474 g/mol. The van der Waals surface area contributed by atoms with E-state index in [1.54, 1.807) is 23.6 Å². The number of aliphatic hydroxyl groups is 1. The first kappa shape index (κ1) is 24.8. The molecule has 2 unspecified atom stereocenters. The Morgan fingerprint density at radius 2 is 1.56 bits per heavy atom. The molecule has 0 aromatic heterocycles. The molecule has 0 aliphatic carbocycles. The Bertz CT molecular complexity index is 1150. The topological polar surface area (TPSA) is 98.7 Å². The Hall–Kier alpha value is -2.84. The van der Waals surface area contributed by atoms with E-state index in [-0.39, 0.29) is 24.3 Å². The van der Waals surface area contributed by atoms with Crippen LogP contribution in [-0.2, 0) is 27.5 Å². The second kappa shape index (κ2) is 9.56. The van der Waals surface area contributed by atoms with Crippen LogP contribution in [0.15, 0.2) is 60.7 Å². The average molecular weight is 508 g/mol. The number of fused-ring (bicyclic) bond motifs is 1. The van der Waals surface area contributed by atoms with Crippen molar-refractivity contribution in [1.29, 1.82) is 0 Å². The summed E-state index contributed by atoms with van der Waals surface area (Å²) in [6.07, 6.45) is 1.44. The fraction of sp³-hybridized carbons (Fsp3) is 0.464. The highest BCUT2D eigenvalue weighted by molar-refractivity contribution is 8.02. The van der Waals surface area contributed by atoms with Gasteiger partial charge in [-0.3, -0.25) is 14.4 Å². The fourth-order valence-electron chi connectivity index (χ4n) is 6.40. The Morgan fingerprint density at radius 3 is 2.11 bits per heavy atom. The molecule has 3 amide bonds. The standard InChI is InChI=1S/C28H33N3O4S/c1-18(17-32)31-23(25(34)30-16-20-11-7-4-8-12-20)28-14-13-27(2,36-28)21(22(28)26(31)35)24(33)29-15-19-9-5-3-6-10-19/h3-12,18,21-23,32H,13-17H2,1-2H3,(H,29,33)(H,30,34)/t18-,21-,22+,23?,27+,28?/m1/s1. The van der Waals surface area contributed by atoms with Gasteiger partial charge in [-0.1, -0.05) is 60.7 Å². The molecule has 3 fully saturated rings. The van der Waals surface area contributed by atoms with Gasteiger partial charge in [-0.05, 0) is 37.8 Å². The van der Waals surface area contributed by atoms with Gasteiger partial charge in [0, 0.05) is 17.8 Å². The normalized spacial score (nSPS) is 31.2. The van der Waals surface area contributed by atoms with Gasteiger partial charge >= 0.3 is 0 Å². The molecule has 1 spiro atoms. The van der Waals surface area contributed by atoms with Crippen LogP contribution in [0.5, 0.6) is 0 Å². The van der Waals surface area contributed by atoms with Crippen LogP contribution in [0.2, 0.25) is 0 Å². The lowest BCUT2D eigenvalue weighted by Crippen LogP contribution is -2.55. The van der Waals surface area contributed by atoms with Crippen molar-refractivity contribution in [1.82, 2.24) is 15.5 Å². The minimum atomic E-state index is -0.736. The van der Waals surface area contributed by atoms with Crippen LogP contribution < -0.4 is 10.6 Å². The molecule has 0 saturated carbocycles. The third kappa shape index (κ3) is 4.00. The van der Waals surface area contributed by atoms with E-state index >= 15 is 0 Å². The second-order valence-electron chi connectivity index (χ2n) is 10.4. The molecule has 2 bridgehead atoms. The van der Waals surface area contributed by atoms with Gasteiger partial charge < -0.3 is 20.6 Å². The Morgan fingerprint density at radius 1 is 1.00 bits per heavy atom. The highest BCUT2D eigenvalue weighted by Crippen LogP contribution is 2.71. The highest BCUT2D eigenvalue weighted by Gasteiger charge is 2.77. The minimum absolute atomic E-state index is 0.143. The largest absolute Gasteiger partial charge is 0.394 e. The number of amides is 3. The molecule has 6 atom stereocenters. The summed E-state index contributed by atoms with van der Waals surface area (Å²) in [4.78, 5) is 42.8. The molecule has 3 heterocycles. The van der Waals surface area contributed by atoms with Gasteiger partial charge in [0.15, 0.2) is 0 Å². The number of rotatable bonds is 8. The number of nitrogens with one attached hydrogen (secondary N) is 2. The number of carbonyl (C=O) groups excluding carboxylic acids is 3. The molecule has 190 valence electrons. The van der Waals surface area contributed by atoms with Crippen molar-refractivity contribution in [3.05, 3.63) is 71.8 Å². The lowest BCUT2D eigenvalue weighted by molar-refractivity contribution is -0.143. The average Bonchev–Trinajstić information content (AvgIpc) is 3.47. The van der Waals surface area contributed by atoms with Crippen molar-refractivity contribution in [3.8, 4) is 0 Å². The number of carbonyl (C=O) groups is 3. The monoisotopic (exact) mass is 507 g/mol. The molecule has 36 heavy (non-hydrogen) atoms. The van der Waals surface area contributed by atoms with Crippen molar-refractivity contribution >= 4 is 29.5 Å². The molecule has 2 aromatic carbocycles. The van der Waals surface area contributed by atoms with Gasteiger partial charge in [0.25, 0.3) is 0 Å². The summed E-state index contributed by atoms with van der Waals surface area (Å²) in [5.41, 5.74) is 1.97. The maximum atomic E-state index is 13.9. The van der Waals surface area contributed by atoms with Crippen LogP contribution in [0.1, 0.15) is 37.8 Å². The van der Waals surface area contributed by atoms with Crippen molar-refractivity contribution < 1.29 is 19.5 Å². The van der Waals surface area contributed by atoms with Crippen LogP contribution in [0.25, 0.3) is 0 Å². The molecule has 5 rings (SSSR count). The number of hydrogen-bond acceptors (Lipinski definition) is 5. The van der Waals surface area contributed by atoms with Crippen LogP contribution in [-0.4, -0.2) is 55.9 Å². The molecule has 7 nitrogen and oxygen atoms in total. The summed E-state index contributed by atoms with van der Waals surface area (Å²) < 4.78 is -1.11. The van der Waals surface area contributed by atoms with Gasteiger partial charge in [-0.25, -0.2) is 0 Å². The second-order valence-corrected chi connectivity index (χ2v) is 12.3. The lowest BCUT2D eigenvalue weighted by Gasteiger charge is -2.36. The summed E-state index contributed by atoms with van der Waals surface area (Å²) in [6.45, 7) is 4.32. The number of aliphatic hydroxyl groups excluding tert-OH is 1. The van der Waals surface area contributed by atoms with Gasteiger partial charge in [0.1, 0.15) is 6.04 Å². The molecule has 2 aromatic rings. The highest BCUT2D eigenvalue weighted by atomic mass is 32.2. The fourth-order valence-corrected chi connectivity index (χ4v) is 8.75. The quantitative estimate of drug-likeness (QED) is 0.510. The van der Waals surface area contributed by atoms with E-state index in [1.165, 1.54) is 0 Å². The van der Waals surface area contributed by atoms with Crippen LogP contribution in [0.4, 0.5) is 0 Å². The van der Waals surface area contributed by atoms with E-state index in [4.69, 9.17) is 0 Å². The first-order valence-electron chi connectivity index (χ1n) is 12.6. The smallest absolute Gasteiger partial charge is 0.244 e. The number of nitrogens with zero attached hydrogens (tertiary/aromatic N) is 1. The molecule has 8 heteroatoms. The van der Waals surface area contributed by atoms with E-state index in [0.29, 0.717) is 19.5 Å². The number of benzene rings is 2. The SMILES string of the molecule is C[C@H](CO)N1C(=O)[C@@H]2[C@H](C(=O)NCc3ccccc3)[C@]3(C)CCC2(S3)C1C(=O)NCc1ccccc1. The zero-order chi connectivity index (χ0) is 25.5. The Balaban J connectivity index is 1.43. The van der Waals surface area contributed by atoms with Crippen molar-refractivity contribution in [3.63, 3.8) is 0 Å². The van der Waals surface area contributed by atoms with Crippen molar-refractivity contribution in [2.24, 2.45) is 11.8 Å². The third-order valence-corrected chi connectivity index (χ3v) is 10.1. The van der Waals surface area contributed by atoms with Gasteiger partial charge in [0.05, 0.1) is 29.2 Å². The maximum Gasteiger partial charge on any atom is 0.244 e. The van der Waals surface area contributed by atoms with Crippen molar-refractivity contribution in [2.45, 2.75) is 61.4 Å². The number of hydrogen-bond donors (Lipinski definition) is 3. The molecule has 3 N–H and O–H groups in total. The predicted molar refractivity (Wildman–Crippen MR) is 139 cm³/mol. The van der Waals surface area contributed by atoms with E-state index < -0.39 is 33.4 Å². The predicted octanol–water partition coefficient (Wildman–Crippen LogP) is 2.48. The summed E-state index contributed by atoms with van der Waals surface area (Å²) in [5, 5.41) is 16.1. The van der Waals surface area contributed by atoms with E-state index in [2.05, 4.69) is 17.6 Å². The van der Waals surface area contributed by atoms with Crippen molar-refractivity contribution in [2.75, 3.05) is 6.61 Å². The molecule has 0 radical (unpaired) electrons. The zero-order valence-electron chi connectivity index (χ0n) is 20.6. The first-order valence-corrected chi connectivity index (χ1v) is 13.4. The third-order valence-electron chi connectivity index (χ3n) is 8.10. The zero-order valence-corrected chi connectivity index (χ0v) is 21.5. The number of thioether (sulfide) groups is 1. The van der Waals surface area contributed by atoms with Gasteiger partial charge in [-0.2, -0.15) is 0 Å². The van der Waals surface area contributed by atoms with E-state index in [9.17, 15) is 19.5 Å². The molecule has 3 aliphatic heterocycles. The van der Waals surface area contributed by atoms with Crippen LogP contribution >= 0.6 is 11.8 Å². The lowest BCUT2D eigenvalue weighted by atomic mass is 9.66. The Kier molecular flexibility index (Phi) is 6.59. The van der Waals surface area contributed by atoms with E-state index in [1.807, 2.05) is 60.7 Å². The molecular formula is C28H33N3O4S. The molecule has 3 saturated heterocycles. The van der Waals surface area contributed by atoms with E-state index in [0.717, 1.165) is 17.5 Å². The maximum absolute atomic E-state index is 13.9. The Labute approximate surface area is 216 Å². The summed E-state index contributed by atoms with van der Waals surface area (Å²) in [7, 11) is 0. The molecule has 3 aliphatic rings. The van der Waals surface area contributed by atoms with Gasteiger partial charge in [0.2, 0.25) is 17.7 Å². The van der Waals surface area contributed by atoms with Crippen LogP contribution in [0, 0.1) is 11.8 Å². The van der Waals surface area contributed by atoms with Crippen LogP contribution in [0.3, 0.4) is 0 Å². The van der Waals surface area contributed by atoms with Gasteiger partial charge in [-0.15, -0.1) is 11.8 Å². The minimum Gasteiger partial charge on any atom is -0.394 e. The summed E-state index contributed by atoms with van der Waals surface area (Å²) in [5.74, 6) is -1.70. The summed E-state index contributed by atoms with van der Waals surface area (Å²) >= 11 is 1.64.